The van der Waals surface area contributed by atoms with E-state index in [0.29, 0.717) is 38.3 Å². The third-order valence-electron chi connectivity index (χ3n) is 4.75. The number of carbonyl (C=O) groups excluding carboxylic acids is 1. The van der Waals surface area contributed by atoms with E-state index in [9.17, 15) is 26.7 Å². The van der Waals surface area contributed by atoms with Gasteiger partial charge in [-0.2, -0.15) is 13.2 Å². The number of nitrogens with one attached hydrogen (secondary N) is 1. The number of alkyl halides is 5. The van der Waals surface area contributed by atoms with Gasteiger partial charge < -0.3 is 4.90 Å². The Balaban J connectivity index is 1.52. The van der Waals surface area contributed by atoms with Crippen molar-refractivity contribution >= 4 is 5.91 Å². The summed E-state index contributed by atoms with van der Waals surface area (Å²) < 4.78 is 64.8. The predicted molar refractivity (Wildman–Crippen MR) is 84.7 cm³/mol. The Morgan fingerprint density at radius 2 is 1.88 bits per heavy atom. The molecule has 2 aliphatic heterocycles. The highest BCUT2D eigenvalue weighted by Gasteiger charge is 2.43. The molecule has 2 fully saturated rings. The summed E-state index contributed by atoms with van der Waals surface area (Å²) in [5.74, 6) is -3.19. The van der Waals surface area contributed by atoms with Gasteiger partial charge in [-0.3, -0.25) is 15.0 Å². The maximum Gasteiger partial charge on any atom is 0.416 e. The minimum atomic E-state index is -4.38. The molecule has 0 bridgehead atoms. The lowest BCUT2D eigenvalue weighted by molar-refractivity contribution is -0.138. The lowest BCUT2D eigenvalue weighted by Crippen LogP contribution is -2.52. The standard InChI is InChI=1S/C17H20F5N3O/c18-16(19)9-14(23-11-16)15(26)25-6-4-24(5-7-25)10-12-2-1-3-13(8-12)17(20,21)22/h1-3,8,14,23H,4-7,9-11H2. The second-order valence-corrected chi connectivity index (χ2v) is 6.79. The molecule has 0 radical (unpaired) electrons. The number of carbonyl (C=O) groups is 1. The molecule has 0 aliphatic carbocycles. The lowest BCUT2D eigenvalue weighted by atomic mass is 10.1. The fourth-order valence-electron chi connectivity index (χ4n) is 3.34. The zero-order valence-electron chi connectivity index (χ0n) is 14.0. The van der Waals surface area contributed by atoms with Gasteiger partial charge in [0.15, 0.2) is 0 Å². The molecular formula is C17H20F5N3O. The molecule has 1 atom stereocenters. The first-order chi connectivity index (χ1) is 12.1. The topological polar surface area (TPSA) is 35.6 Å². The van der Waals surface area contributed by atoms with E-state index < -0.39 is 36.7 Å². The highest BCUT2D eigenvalue weighted by atomic mass is 19.4. The van der Waals surface area contributed by atoms with Gasteiger partial charge in [0.25, 0.3) is 5.92 Å². The molecule has 2 aliphatic rings. The summed E-state index contributed by atoms with van der Waals surface area (Å²) in [6.07, 6.45) is -4.87. The fourth-order valence-corrected chi connectivity index (χ4v) is 3.34. The normalized spacial score (nSPS) is 24.0. The Morgan fingerprint density at radius 1 is 1.19 bits per heavy atom. The molecule has 0 spiro atoms. The predicted octanol–water partition coefficient (Wildman–Crippen LogP) is 2.35. The van der Waals surface area contributed by atoms with Crippen LogP contribution in [0.25, 0.3) is 0 Å². The third kappa shape index (κ3) is 4.50. The molecule has 1 aromatic carbocycles. The van der Waals surface area contributed by atoms with Gasteiger partial charge in [0, 0.05) is 39.1 Å². The molecule has 1 unspecified atom stereocenters. The van der Waals surface area contributed by atoms with E-state index in [4.69, 9.17) is 0 Å². The second-order valence-electron chi connectivity index (χ2n) is 6.79. The van der Waals surface area contributed by atoms with E-state index >= 15 is 0 Å². The molecule has 3 rings (SSSR count). The van der Waals surface area contributed by atoms with Gasteiger partial charge in [0.2, 0.25) is 5.91 Å². The van der Waals surface area contributed by atoms with Crippen LogP contribution in [-0.2, 0) is 17.5 Å². The van der Waals surface area contributed by atoms with Crippen LogP contribution in [0.4, 0.5) is 22.0 Å². The number of piperazine rings is 1. The Morgan fingerprint density at radius 3 is 2.46 bits per heavy atom. The van der Waals surface area contributed by atoms with Gasteiger partial charge >= 0.3 is 6.18 Å². The molecule has 0 aromatic heterocycles. The summed E-state index contributed by atoms with van der Waals surface area (Å²) in [7, 11) is 0. The van der Waals surface area contributed by atoms with Gasteiger partial charge in [-0.25, -0.2) is 8.78 Å². The molecular weight excluding hydrogens is 357 g/mol. The summed E-state index contributed by atoms with van der Waals surface area (Å²) in [6.45, 7) is 1.60. The van der Waals surface area contributed by atoms with Crippen LogP contribution in [-0.4, -0.2) is 60.4 Å². The third-order valence-corrected chi connectivity index (χ3v) is 4.75. The fraction of sp³-hybridized carbons (Fsp3) is 0.588. The van der Waals surface area contributed by atoms with Crippen LogP contribution < -0.4 is 5.32 Å². The van der Waals surface area contributed by atoms with E-state index in [1.54, 1.807) is 11.0 Å². The summed E-state index contributed by atoms with van der Waals surface area (Å²) in [4.78, 5) is 15.8. The molecule has 2 heterocycles. The van der Waals surface area contributed by atoms with Crippen molar-refractivity contribution in [3.63, 3.8) is 0 Å². The average Bonchev–Trinajstić information content (AvgIpc) is 2.94. The average molecular weight is 377 g/mol. The van der Waals surface area contributed by atoms with Gasteiger partial charge in [-0.05, 0) is 11.6 Å². The van der Waals surface area contributed by atoms with Crippen molar-refractivity contribution in [3.05, 3.63) is 35.4 Å². The van der Waals surface area contributed by atoms with E-state index in [1.165, 1.54) is 6.07 Å². The smallest absolute Gasteiger partial charge is 0.339 e. The van der Waals surface area contributed by atoms with E-state index in [0.717, 1.165) is 12.1 Å². The molecule has 9 heteroatoms. The number of hydrogen-bond donors (Lipinski definition) is 1. The van der Waals surface area contributed by atoms with E-state index in [1.807, 2.05) is 4.90 Å². The van der Waals surface area contributed by atoms with Gasteiger partial charge in [0.1, 0.15) is 0 Å². The molecule has 4 nitrogen and oxygen atoms in total. The Bertz CT molecular complexity index is 656. The highest BCUT2D eigenvalue weighted by Crippen LogP contribution is 2.30. The quantitative estimate of drug-likeness (QED) is 0.822. The van der Waals surface area contributed by atoms with Crippen LogP contribution in [0.1, 0.15) is 17.5 Å². The van der Waals surface area contributed by atoms with Crippen LogP contribution in [0.15, 0.2) is 24.3 Å². The van der Waals surface area contributed by atoms with Crippen molar-refractivity contribution in [2.24, 2.45) is 0 Å². The van der Waals surface area contributed by atoms with Gasteiger partial charge in [0.05, 0.1) is 18.2 Å². The summed E-state index contributed by atoms with van der Waals surface area (Å²) in [6, 6.07) is 4.31. The van der Waals surface area contributed by atoms with Crippen molar-refractivity contribution in [3.8, 4) is 0 Å². The maximum atomic E-state index is 13.2. The van der Waals surface area contributed by atoms with Crippen LogP contribution >= 0.6 is 0 Å². The molecule has 1 aromatic rings. The second kappa shape index (κ2) is 7.11. The maximum absolute atomic E-state index is 13.2. The zero-order valence-corrected chi connectivity index (χ0v) is 14.0. The number of amides is 1. The first-order valence-electron chi connectivity index (χ1n) is 8.42. The van der Waals surface area contributed by atoms with Crippen LogP contribution in [0, 0.1) is 0 Å². The lowest BCUT2D eigenvalue weighted by Gasteiger charge is -2.36. The summed E-state index contributed by atoms with van der Waals surface area (Å²) >= 11 is 0. The van der Waals surface area contributed by atoms with E-state index in [2.05, 4.69) is 5.32 Å². The van der Waals surface area contributed by atoms with E-state index in [-0.39, 0.29) is 5.91 Å². The van der Waals surface area contributed by atoms with Crippen LogP contribution in [0.3, 0.4) is 0 Å². The number of hydrogen-bond acceptors (Lipinski definition) is 3. The van der Waals surface area contributed by atoms with Crippen molar-refractivity contribution in [1.82, 2.24) is 15.1 Å². The van der Waals surface area contributed by atoms with Gasteiger partial charge in [-0.15, -0.1) is 0 Å². The zero-order chi connectivity index (χ0) is 18.9. The number of halogens is 5. The Hall–Kier alpha value is -1.74. The number of nitrogens with zero attached hydrogens (tertiary/aromatic N) is 2. The van der Waals surface area contributed by atoms with Gasteiger partial charge in [-0.1, -0.05) is 18.2 Å². The Kier molecular flexibility index (Phi) is 5.21. The summed E-state index contributed by atoms with van der Waals surface area (Å²) in [5, 5.41) is 2.55. The first-order valence-corrected chi connectivity index (χ1v) is 8.42. The van der Waals surface area contributed by atoms with Crippen molar-refractivity contribution in [2.45, 2.75) is 31.1 Å². The monoisotopic (exact) mass is 377 g/mol. The summed E-state index contributed by atoms with van der Waals surface area (Å²) in [5.41, 5.74) is -0.131. The number of benzene rings is 1. The largest absolute Gasteiger partial charge is 0.416 e. The SMILES string of the molecule is O=C(C1CC(F)(F)CN1)N1CCN(Cc2cccc(C(F)(F)F)c2)CC1. The van der Waals surface area contributed by atoms with Crippen LogP contribution in [0.5, 0.6) is 0 Å². The molecule has 0 saturated carbocycles. The Labute approximate surface area is 147 Å². The van der Waals surface area contributed by atoms with Crippen molar-refractivity contribution in [2.75, 3.05) is 32.7 Å². The minimum absolute atomic E-state index is 0.333. The first kappa shape index (κ1) is 19.0. The minimum Gasteiger partial charge on any atom is -0.339 e. The van der Waals surface area contributed by atoms with Crippen LogP contribution in [0.2, 0.25) is 0 Å². The van der Waals surface area contributed by atoms with Crippen molar-refractivity contribution < 1.29 is 26.7 Å². The molecule has 1 amide bonds. The highest BCUT2D eigenvalue weighted by molar-refractivity contribution is 5.82. The molecule has 144 valence electrons. The molecule has 2 saturated heterocycles. The number of rotatable bonds is 3. The van der Waals surface area contributed by atoms with Crippen molar-refractivity contribution in [1.29, 1.82) is 0 Å². The molecule has 26 heavy (non-hydrogen) atoms. The molecule has 1 N–H and O–H groups in total.